The molecule has 102 valence electrons. The van der Waals surface area contributed by atoms with E-state index in [1.165, 1.54) is 0 Å². The fraction of sp³-hybridized carbons (Fsp3) is 0.929. The van der Waals surface area contributed by atoms with Gasteiger partial charge in [0.05, 0.1) is 5.41 Å². The fourth-order valence-corrected chi connectivity index (χ4v) is 3.90. The van der Waals surface area contributed by atoms with Crippen LogP contribution in [0.1, 0.15) is 26.7 Å². The number of fused-ring (bicyclic) bond motifs is 1. The molecule has 1 amide bonds. The van der Waals surface area contributed by atoms with E-state index in [1.54, 1.807) is 0 Å². The third kappa shape index (κ3) is 1.62. The molecule has 3 fully saturated rings. The number of likely N-dealkylation sites (tertiary alicyclic amines) is 1. The molecule has 0 aromatic heterocycles. The van der Waals surface area contributed by atoms with E-state index < -0.39 is 0 Å². The maximum absolute atomic E-state index is 12.7. The number of hydrogen-bond acceptors (Lipinski definition) is 3. The van der Waals surface area contributed by atoms with Gasteiger partial charge >= 0.3 is 0 Å². The van der Waals surface area contributed by atoms with Gasteiger partial charge in [-0.2, -0.15) is 0 Å². The molecule has 18 heavy (non-hydrogen) atoms. The van der Waals surface area contributed by atoms with Crippen LogP contribution in [0.2, 0.25) is 0 Å². The predicted molar refractivity (Wildman–Crippen MR) is 68.9 cm³/mol. The molecular weight excluding hydrogens is 228 g/mol. The van der Waals surface area contributed by atoms with Crippen LogP contribution in [0.25, 0.3) is 0 Å². The van der Waals surface area contributed by atoms with Crippen LogP contribution in [-0.4, -0.2) is 43.7 Å². The lowest BCUT2D eigenvalue weighted by Crippen LogP contribution is -2.51. The van der Waals surface area contributed by atoms with E-state index in [4.69, 9.17) is 10.5 Å². The summed E-state index contributed by atoms with van der Waals surface area (Å²) in [5.41, 5.74) is 6.03. The zero-order valence-electron chi connectivity index (χ0n) is 11.4. The summed E-state index contributed by atoms with van der Waals surface area (Å²) in [7, 11) is 0. The minimum absolute atomic E-state index is 0.288. The highest BCUT2D eigenvalue weighted by Crippen LogP contribution is 2.62. The first-order valence-corrected chi connectivity index (χ1v) is 7.08. The van der Waals surface area contributed by atoms with E-state index in [-0.39, 0.29) is 11.3 Å². The number of carbonyl (C=O) groups excluding carboxylic acids is 1. The molecule has 2 heterocycles. The van der Waals surface area contributed by atoms with Crippen molar-refractivity contribution in [1.82, 2.24) is 4.90 Å². The van der Waals surface area contributed by atoms with Crippen molar-refractivity contribution in [3.63, 3.8) is 0 Å². The van der Waals surface area contributed by atoms with Crippen molar-refractivity contribution in [2.75, 3.05) is 32.8 Å². The summed E-state index contributed by atoms with van der Waals surface area (Å²) in [6.45, 7) is 8.33. The van der Waals surface area contributed by atoms with Crippen molar-refractivity contribution >= 4 is 5.91 Å². The lowest BCUT2D eigenvalue weighted by Gasteiger charge is -2.38. The molecule has 0 spiro atoms. The lowest BCUT2D eigenvalue weighted by atomic mass is 9.78. The molecule has 3 rings (SSSR count). The van der Waals surface area contributed by atoms with Crippen molar-refractivity contribution in [2.45, 2.75) is 26.7 Å². The van der Waals surface area contributed by atoms with Crippen molar-refractivity contribution in [3.8, 4) is 0 Å². The van der Waals surface area contributed by atoms with Gasteiger partial charge in [-0.15, -0.1) is 0 Å². The Labute approximate surface area is 109 Å². The van der Waals surface area contributed by atoms with E-state index in [0.717, 1.165) is 37.8 Å². The Morgan fingerprint density at radius 2 is 1.83 bits per heavy atom. The summed E-state index contributed by atoms with van der Waals surface area (Å²) in [4.78, 5) is 14.8. The van der Waals surface area contributed by atoms with Crippen LogP contribution >= 0.6 is 0 Å². The Balaban J connectivity index is 1.68. The molecule has 0 bridgehead atoms. The molecule has 2 aliphatic heterocycles. The van der Waals surface area contributed by atoms with E-state index in [9.17, 15) is 4.79 Å². The van der Waals surface area contributed by atoms with Crippen molar-refractivity contribution in [2.24, 2.45) is 28.4 Å². The van der Waals surface area contributed by atoms with Crippen LogP contribution in [0.15, 0.2) is 0 Å². The maximum atomic E-state index is 12.7. The Morgan fingerprint density at radius 1 is 1.28 bits per heavy atom. The lowest BCUT2D eigenvalue weighted by molar-refractivity contribution is -0.147. The first-order chi connectivity index (χ1) is 8.51. The van der Waals surface area contributed by atoms with Gasteiger partial charge in [0.1, 0.15) is 0 Å². The molecule has 2 unspecified atom stereocenters. The zero-order valence-corrected chi connectivity index (χ0v) is 11.4. The third-order valence-electron chi connectivity index (χ3n) is 5.70. The molecule has 3 aliphatic rings. The Bertz CT molecular complexity index is 347. The molecular formula is C14H24N2O2. The molecule has 0 aromatic rings. The monoisotopic (exact) mass is 252 g/mol. The van der Waals surface area contributed by atoms with Crippen LogP contribution in [0.5, 0.6) is 0 Å². The first-order valence-electron chi connectivity index (χ1n) is 7.08. The van der Waals surface area contributed by atoms with Crippen LogP contribution in [0.4, 0.5) is 0 Å². The number of amides is 1. The van der Waals surface area contributed by atoms with Gasteiger partial charge in [0.2, 0.25) is 5.91 Å². The number of hydrogen-bond donors (Lipinski definition) is 1. The van der Waals surface area contributed by atoms with Gasteiger partial charge in [-0.25, -0.2) is 0 Å². The largest absolute Gasteiger partial charge is 0.381 e. The van der Waals surface area contributed by atoms with Gasteiger partial charge in [0.15, 0.2) is 0 Å². The minimum Gasteiger partial charge on any atom is -0.381 e. The maximum Gasteiger partial charge on any atom is 0.230 e. The number of rotatable bonds is 2. The smallest absolute Gasteiger partial charge is 0.230 e. The predicted octanol–water partition coefficient (Wildman–Crippen LogP) is 0.856. The average Bonchev–Trinajstić information content (AvgIpc) is 2.78. The fourth-order valence-electron chi connectivity index (χ4n) is 3.90. The summed E-state index contributed by atoms with van der Waals surface area (Å²) < 4.78 is 5.38. The summed E-state index contributed by atoms with van der Waals surface area (Å²) in [6.07, 6.45) is 1.58. The van der Waals surface area contributed by atoms with Gasteiger partial charge in [-0.3, -0.25) is 4.79 Å². The SMILES string of the molecule is CC1(C)C2CN(C(=O)C3(CN)CCOCC3)CC21. The highest BCUT2D eigenvalue weighted by Gasteiger charge is 2.63. The van der Waals surface area contributed by atoms with E-state index in [0.29, 0.717) is 25.2 Å². The van der Waals surface area contributed by atoms with Gasteiger partial charge in [-0.05, 0) is 30.1 Å². The minimum atomic E-state index is -0.334. The molecule has 0 radical (unpaired) electrons. The standard InChI is InChI=1S/C14H24N2O2/c1-13(2)10-7-16(8-11(10)13)12(17)14(9-15)3-5-18-6-4-14/h10-11H,3-9,15H2,1-2H3. The normalized spacial score (nSPS) is 36.3. The Kier molecular flexibility index (Phi) is 2.72. The number of piperidine rings is 1. The van der Waals surface area contributed by atoms with Crippen LogP contribution in [-0.2, 0) is 9.53 Å². The van der Waals surface area contributed by atoms with E-state index >= 15 is 0 Å². The molecule has 4 nitrogen and oxygen atoms in total. The molecule has 1 saturated carbocycles. The summed E-state index contributed by atoms with van der Waals surface area (Å²) >= 11 is 0. The van der Waals surface area contributed by atoms with Gasteiger partial charge in [0.25, 0.3) is 0 Å². The average molecular weight is 252 g/mol. The zero-order chi connectivity index (χ0) is 13.0. The second-order valence-electron chi connectivity index (χ2n) is 6.84. The highest BCUT2D eigenvalue weighted by molar-refractivity contribution is 5.83. The third-order valence-corrected chi connectivity index (χ3v) is 5.70. The number of carbonyl (C=O) groups is 1. The molecule has 4 heteroatoms. The Hall–Kier alpha value is -0.610. The number of ether oxygens (including phenoxy) is 1. The highest BCUT2D eigenvalue weighted by atomic mass is 16.5. The summed E-state index contributed by atoms with van der Waals surface area (Å²) in [5, 5.41) is 0. The van der Waals surface area contributed by atoms with Crippen LogP contribution in [0, 0.1) is 22.7 Å². The second kappa shape index (κ2) is 3.94. The van der Waals surface area contributed by atoms with Gasteiger partial charge in [0, 0.05) is 32.8 Å². The molecule has 2 N–H and O–H groups in total. The van der Waals surface area contributed by atoms with Crippen LogP contribution < -0.4 is 5.73 Å². The summed E-state index contributed by atoms with van der Waals surface area (Å²) in [6, 6.07) is 0. The summed E-state index contributed by atoms with van der Waals surface area (Å²) in [5.74, 6) is 1.73. The first kappa shape index (κ1) is 12.4. The number of nitrogens with two attached hydrogens (primary N) is 1. The Morgan fingerprint density at radius 3 is 2.33 bits per heavy atom. The van der Waals surface area contributed by atoms with E-state index in [2.05, 4.69) is 18.7 Å². The number of nitrogens with zero attached hydrogens (tertiary/aromatic N) is 1. The van der Waals surface area contributed by atoms with Crippen molar-refractivity contribution in [1.29, 1.82) is 0 Å². The van der Waals surface area contributed by atoms with Crippen molar-refractivity contribution in [3.05, 3.63) is 0 Å². The van der Waals surface area contributed by atoms with Gasteiger partial charge < -0.3 is 15.4 Å². The molecule has 0 aromatic carbocycles. The molecule has 2 atom stereocenters. The molecule has 1 aliphatic carbocycles. The molecule has 2 saturated heterocycles. The second-order valence-corrected chi connectivity index (χ2v) is 6.84. The quantitative estimate of drug-likeness (QED) is 0.793. The van der Waals surface area contributed by atoms with Crippen molar-refractivity contribution < 1.29 is 9.53 Å². The van der Waals surface area contributed by atoms with Crippen LogP contribution in [0.3, 0.4) is 0 Å². The van der Waals surface area contributed by atoms with E-state index in [1.807, 2.05) is 0 Å². The van der Waals surface area contributed by atoms with Gasteiger partial charge in [-0.1, -0.05) is 13.8 Å². The topological polar surface area (TPSA) is 55.6 Å².